The quantitative estimate of drug-likeness (QED) is 0.395. The summed E-state index contributed by atoms with van der Waals surface area (Å²) >= 11 is 0. The first-order valence-electron chi connectivity index (χ1n) is 8.52. The Morgan fingerprint density at radius 3 is 2.68 bits per heavy atom. The molecule has 0 aliphatic heterocycles. The third-order valence-corrected chi connectivity index (χ3v) is 4.42. The number of carbonyl (C=O) groups excluding carboxylic acids is 2. The molecule has 0 bridgehead atoms. The standard InChI is InChI=1S/C20H18N2O6/c1-12-7-8-15-14(10-28-20(15)13(12)2)9-19(24)27-11-18(23)21-16-5-3-4-6-17(16)22(25)26/h3-8,10H,9,11H2,1-2H3,(H,21,23). The number of aryl methyl sites for hydroxylation is 2. The Morgan fingerprint density at radius 1 is 1.18 bits per heavy atom. The minimum atomic E-state index is -0.661. The molecule has 3 rings (SSSR count). The van der Waals surface area contributed by atoms with E-state index in [4.69, 9.17) is 9.15 Å². The summed E-state index contributed by atoms with van der Waals surface area (Å²) in [6, 6.07) is 9.55. The highest BCUT2D eigenvalue weighted by Gasteiger charge is 2.17. The normalized spacial score (nSPS) is 10.6. The van der Waals surface area contributed by atoms with E-state index in [0.717, 1.165) is 22.1 Å². The van der Waals surface area contributed by atoms with Gasteiger partial charge in [0.15, 0.2) is 6.61 Å². The highest BCUT2D eigenvalue weighted by Crippen LogP contribution is 2.27. The second-order valence-electron chi connectivity index (χ2n) is 6.30. The van der Waals surface area contributed by atoms with E-state index in [9.17, 15) is 19.7 Å². The van der Waals surface area contributed by atoms with Crippen LogP contribution in [0.1, 0.15) is 16.7 Å². The average Bonchev–Trinajstić information content (AvgIpc) is 3.06. The van der Waals surface area contributed by atoms with Gasteiger partial charge < -0.3 is 14.5 Å². The number of hydrogen-bond acceptors (Lipinski definition) is 6. The average molecular weight is 382 g/mol. The molecule has 0 atom stereocenters. The first-order chi connectivity index (χ1) is 13.4. The Kier molecular flexibility index (Phi) is 5.39. The molecule has 0 spiro atoms. The van der Waals surface area contributed by atoms with Crippen molar-refractivity contribution in [1.29, 1.82) is 0 Å². The first kappa shape index (κ1) is 19.1. The molecule has 1 heterocycles. The summed E-state index contributed by atoms with van der Waals surface area (Å²) in [6.45, 7) is 3.37. The van der Waals surface area contributed by atoms with Crippen LogP contribution in [0.25, 0.3) is 11.0 Å². The van der Waals surface area contributed by atoms with Gasteiger partial charge in [-0.05, 0) is 31.0 Å². The third kappa shape index (κ3) is 4.01. The zero-order valence-corrected chi connectivity index (χ0v) is 15.4. The van der Waals surface area contributed by atoms with Crippen LogP contribution in [-0.2, 0) is 20.7 Å². The number of ether oxygens (including phenoxy) is 1. The Hall–Kier alpha value is -3.68. The van der Waals surface area contributed by atoms with Gasteiger partial charge in [-0.3, -0.25) is 19.7 Å². The molecule has 2 aromatic carbocycles. The largest absolute Gasteiger partial charge is 0.464 e. The molecule has 1 N–H and O–H groups in total. The van der Waals surface area contributed by atoms with Gasteiger partial charge in [0.25, 0.3) is 11.6 Å². The van der Waals surface area contributed by atoms with Crippen LogP contribution in [0.2, 0.25) is 0 Å². The lowest BCUT2D eigenvalue weighted by atomic mass is 10.0. The van der Waals surface area contributed by atoms with Gasteiger partial charge in [0.1, 0.15) is 11.3 Å². The molecule has 0 fully saturated rings. The van der Waals surface area contributed by atoms with Crippen LogP contribution in [0, 0.1) is 24.0 Å². The van der Waals surface area contributed by atoms with Crippen molar-refractivity contribution in [2.75, 3.05) is 11.9 Å². The van der Waals surface area contributed by atoms with Gasteiger partial charge in [-0.25, -0.2) is 0 Å². The third-order valence-electron chi connectivity index (χ3n) is 4.42. The molecule has 8 nitrogen and oxygen atoms in total. The van der Waals surface area contributed by atoms with Gasteiger partial charge in [0.2, 0.25) is 0 Å². The van der Waals surface area contributed by atoms with Crippen molar-refractivity contribution in [2.24, 2.45) is 0 Å². The van der Waals surface area contributed by atoms with Crippen molar-refractivity contribution in [3.63, 3.8) is 0 Å². The molecule has 0 radical (unpaired) electrons. The Bertz CT molecular complexity index is 1070. The number of fused-ring (bicyclic) bond motifs is 1. The lowest BCUT2D eigenvalue weighted by Crippen LogP contribution is -2.22. The van der Waals surface area contributed by atoms with E-state index in [1.54, 1.807) is 6.07 Å². The molecule has 0 saturated heterocycles. The molecule has 1 aromatic heterocycles. The molecule has 0 aliphatic carbocycles. The van der Waals surface area contributed by atoms with Crippen LogP contribution < -0.4 is 5.32 Å². The summed E-state index contributed by atoms with van der Waals surface area (Å²) in [5.74, 6) is -1.26. The lowest BCUT2D eigenvalue weighted by molar-refractivity contribution is -0.383. The minimum Gasteiger partial charge on any atom is -0.464 e. The number of nitro groups is 1. The molecule has 0 aliphatic rings. The van der Waals surface area contributed by atoms with E-state index >= 15 is 0 Å². The summed E-state index contributed by atoms with van der Waals surface area (Å²) in [7, 11) is 0. The summed E-state index contributed by atoms with van der Waals surface area (Å²) in [5, 5.41) is 14.2. The van der Waals surface area contributed by atoms with Gasteiger partial charge in [-0.2, -0.15) is 0 Å². The zero-order chi connectivity index (χ0) is 20.3. The van der Waals surface area contributed by atoms with E-state index in [0.29, 0.717) is 5.56 Å². The number of furan rings is 1. The van der Waals surface area contributed by atoms with Gasteiger partial charge in [-0.1, -0.05) is 24.3 Å². The second kappa shape index (κ2) is 7.91. The van der Waals surface area contributed by atoms with E-state index in [1.807, 2.05) is 26.0 Å². The van der Waals surface area contributed by atoms with E-state index in [2.05, 4.69) is 5.32 Å². The van der Waals surface area contributed by atoms with Crippen molar-refractivity contribution >= 4 is 34.2 Å². The summed E-state index contributed by atoms with van der Waals surface area (Å²) in [6.07, 6.45) is 1.46. The van der Waals surface area contributed by atoms with Crippen LogP contribution in [0.3, 0.4) is 0 Å². The SMILES string of the molecule is Cc1ccc2c(CC(=O)OCC(=O)Nc3ccccc3[N+](=O)[O-])coc2c1C. The van der Waals surface area contributed by atoms with E-state index in [1.165, 1.54) is 24.5 Å². The van der Waals surface area contributed by atoms with E-state index < -0.39 is 23.4 Å². The fraction of sp³-hybridized carbons (Fsp3) is 0.200. The number of anilines is 1. The van der Waals surface area contributed by atoms with Crippen LogP contribution in [0.4, 0.5) is 11.4 Å². The predicted molar refractivity (Wildman–Crippen MR) is 102 cm³/mol. The molecule has 8 heteroatoms. The number of benzene rings is 2. The number of hydrogen-bond donors (Lipinski definition) is 1. The number of nitrogens with one attached hydrogen (secondary N) is 1. The number of nitrogens with zero attached hydrogens (tertiary/aromatic N) is 1. The van der Waals surface area contributed by atoms with E-state index in [-0.39, 0.29) is 17.8 Å². The number of rotatable bonds is 6. The Balaban J connectivity index is 1.60. The van der Waals surface area contributed by atoms with Crippen molar-refractivity contribution in [1.82, 2.24) is 0 Å². The summed E-state index contributed by atoms with van der Waals surface area (Å²) < 4.78 is 10.5. The maximum Gasteiger partial charge on any atom is 0.310 e. The summed E-state index contributed by atoms with van der Waals surface area (Å²) in [5.41, 5.74) is 3.28. The van der Waals surface area contributed by atoms with Crippen molar-refractivity contribution in [3.05, 3.63) is 69.5 Å². The Morgan fingerprint density at radius 2 is 1.93 bits per heavy atom. The van der Waals surface area contributed by atoms with Gasteiger partial charge >= 0.3 is 5.97 Å². The topological polar surface area (TPSA) is 112 Å². The van der Waals surface area contributed by atoms with Crippen LogP contribution in [-0.4, -0.2) is 23.4 Å². The highest BCUT2D eigenvalue weighted by atomic mass is 16.6. The van der Waals surface area contributed by atoms with Crippen LogP contribution >= 0.6 is 0 Å². The smallest absolute Gasteiger partial charge is 0.310 e. The number of carbonyl (C=O) groups is 2. The second-order valence-corrected chi connectivity index (χ2v) is 6.30. The molecule has 28 heavy (non-hydrogen) atoms. The van der Waals surface area contributed by atoms with Gasteiger partial charge in [-0.15, -0.1) is 0 Å². The summed E-state index contributed by atoms with van der Waals surface area (Å²) in [4.78, 5) is 34.4. The highest BCUT2D eigenvalue weighted by molar-refractivity contribution is 5.95. The molecular formula is C20H18N2O6. The first-order valence-corrected chi connectivity index (χ1v) is 8.52. The van der Waals surface area contributed by atoms with Crippen LogP contribution in [0.5, 0.6) is 0 Å². The molecular weight excluding hydrogens is 364 g/mol. The van der Waals surface area contributed by atoms with Crippen molar-refractivity contribution in [3.8, 4) is 0 Å². The minimum absolute atomic E-state index is 0.0419. The molecule has 1 amide bonds. The lowest BCUT2D eigenvalue weighted by Gasteiger charge is -2.07. The maximum atomic E-state index is 12.1. The van der Waals surface area contributed by atoms with Gasteiger partial charge in [0.05, 0.1) is 17.6 Å². The zero-order valence-electron chi connectivity index (χ0n) is 15.4. The number of amides is 1. The van der Waals surface area contributed by atoms with Crippen LogP contribution in [0.15, 0.2) is 47.1 Å². The molecule has 0 saturated carbocycles. The maximum absolute atomic E-state index is 12.1. The fourth-order valence-corrected chi connectivity index (χ4v) is 2.80. The molecule has 144 valence electrons. The molecule has 3 aromatic rings. The monoisotopic (exact) mass is 382 g/mol. The van der Waals surface area contributed by atoms with Crippen molar-refractivity contribution < 1.29 is 23.7 Å². The number of para-hydroxylation sites is 2. The van der Waals surface area contributed by atoms with Gasteiger partial charge in [0, 0.05) is 17.0 Å². The fourth-order valence-electron chi connectivity index (χ4n) is 2.80. The number of esters is 1. The number of nitro benzene ring substituents is 1. The van der Waals surface area contributed by atoms with Crippen molar-refractivity contribution in [2.45, 2.75) is 20.3 Å². The molecule has 0 unspecified atom stereocenters. The predicted octanol–water partition coefficient (Wildman–Crippen LogP) is 3.68. The Labute approximate surface area is 160 Å².